The SMILES string of the molecule is CN(C(=O)CN1C(=O)C(NC(=O)Nc2ccc(F)cc2)N=C(CN2CCOCC2)c2ccccc21)c1ccccc1. The second kappa shape index (κ2) is 12.7. The van der Waals surface area contributed by atoms with Crippen molar-refractivity contribution in [3.63, 3.8) is 0 Å². The van der Waals surface area contributed by atoms with Gasteiger partial charge in [0.25, 0.3) is 5.91 Å². The second-order valence-corrected chi connectivity index (χ2v) is 9.70. The maximum absolute atomic E-state index is 14.0. The molecule has 1 saturated heterocycles. The minimum atomic E-state index is -1.31. The highest BCUT2D eigenvalue weighted by Gasteiger charge is 2.35. The van der Waals surface area contributed by atoms with Gasteiger partial charge < -0.3 is 20.3 Å². The summed E-state index contributed by atoms with van der Waals surface area (Å²) in [5.74, 6) is -1.31. The fraction of sp³-hybridized carbons (Fsp3) is 0.267. The highest BCUT2D eigenvalue weighted by molar-refractivity contribution is 6.16. The average Bonchev–Trinajstić information content (AvgIpc) is 3.09. The minimum Gasteiger partial charge on any atom is -0.379 e. The van der Waals surface area contributed by atoms with E-state index in [0.717, 1.165) is 0 Å². The number of para-hydroxylation sites is 2. The van der Waals surface area contributed by atoms with Gasteiger partial charge in [0.2, 0.25) is 12.1 Å². The number of halogens is 1. The van der Waals surface area contributed by atoms with E-state index in [0.29, 0.717) is 61.2 Å². The summed E-state index contributed by atoms with van der Waals surface area (Å²) in [6.07, 6.45) is -1.31. The Morgan fingerprint density at radius 3 is 2.41 bits per heavy atom. The van der Waals surface area contributed by atoms with Crippen LogP contribution in [0.2, 0.25) is 0 Å². The van der Waals surface area contributed by atoms with Gasteiger partial charge in [0.05, 0.1) is 24.6 Å². The van der Waals surface area contributed by atoms with Crippen LogP contribution in [0.5, 0.6) is 0 Å². The summed E-state index contributed by atoms with van der Waals surface area (Å²) in [7, 11) is 1.65. The molecule has 2 heterocycles. The Balaban J connectivity index is 1.45. The first-order valence-electron chi connectivity index (χ1n) is 13.3. The van der Waals surface area contributed by atoms with Gasteiger partial charge in [0.15, 0.2) is 0 Å². The first-order chi connectivity index (χ1) is 19.9. The van der Waals surface area contributed by atoms with E-state index in [4.69, 9.17) is 9.73 Å². The third-order valence-corrected chi connectivity index (χ3v) is 6.95. The minimum absolute atomic E-state index is 0.265. The summed E-state index contributed by atoms with van der Waals surface area (Å²) in [6.45, 7) is 2.73. The van der Waals surface area contributed by atoms with Gasteiger partial charge in [-0.15, -0.1) is 0 Å². The van der Waals surface area contributed by atoms with Crippen molar-refractivity contribution < 1.29 is 23.5 Å². The Morgan fingerprint density at radius 1 is 1.00 bits per heavy atom. The first-order valence-corrected chi connectivity index (χ1v) is 13.3. The van der Waals surface area contributed by atoms with Gasteiger partial charge in [-0.1, -0.05) is 36.4 Å². The van der Waals surface area contributed by atoms with Gasteiger partial charge in [-0.05, 0) is 42.5 Å². The lowest BCUT2D eigenvalue weighted by molar-refractivity contribution is -0.123. The molecule has 1 fully saturated rings. The number of benzodiazepines with no additional fused rings is 1. The van der Waals surface area contributed by atoms with Gasteiger partial charge in [-0.25, -0.2) is 9.18 Å². The van der Waals surface area contributed by atoms with Crippen LogP contribution in [0.25, 0.3) is 0 Å². The molecule has 0 bridgehead atoms. The molecule has 0 radical (unpaired) electrons. The first kappa shape index (κ1) is 27.9. The van der Waals surface area contributed by atoms with Crippen LogP contribution in [0.3, 0.4) is 0 Å². The maximum atomic E-state index is 14.0. The van der Waals surface area contributed by atoms with E-state index in [1.165, 1.54) is 34.1 Å². The Kier molecular flexibility index (Phi) is 8.66. The van der Waals surface area contributed by atoms with E-state index in [1.807, 2.05) is 42.5 Å². The average molecular weight is 559 g/mol. The Hall–Kier alpha value is -4.61. The van der Waals surface area contributed by atoms with E-state index < -0.39 is 23.9 Å². The molecule has 2 aliphatic heterocycles. The Morgan fingerprint density at radius 2 is 1.68 bits per heavy atom. The number of nitrogens with zero attached hydrogens (tertiary/aromatic N) is 4. The van der Waals surface area contributed by atoms with Crippen LogP contribution in [-0.4, -0.2) is 81.1 Å². The maximum Gasteiger partial charge on any atom is 0.321 e. The molecule has 41 heavy (non-hydrogen) atoms. The molecule has 0 saturated carbocycles. The molecular formula is C30H31FN6O4. The van der Waals surface area contributed by atoms with Crippen molar-refractivity contribution in [1.82, 2.24) is 10.2 Å². The molecule has 2 N–H and O–H groups in total. The number of urea groups is 1. The van der Waals surface area contributed by atoms with Crippen molar-refractivity contribution in [3.05, 3.63) is 90.2 Å². The topological polar surface area (TPSA) is 107 Å². The van der Waals surface area contributed by atoms with Crippen LogP contribution in [0.4, 0.5) is 26.2 Å². The second-order valence-electron chi connectivity index (χ2n) is 9.70. The zero-order valence-electron chi connectivity index (χ0n) is 22.6. The molecule has 5 rings (SSSR count). The van der Waals surface area contributed by atoms with Crippen molar-refractivity contribution in [2.75, 3.05) is 61.6 Å². The Labute approximate surface area is 237 Å². The van der Waals surface area contributed by atoms with Crippen LogP contribution in [0.1, 0.15) is 5.56 Å². The van der Waals surface area contributed by atoms with Gasteiger partial charge in [-0.2, -0.15) is 0 Å². The van der Waals surface area contributed by atoms with Crippen LogP contribution >= 0.6 is 0 Å². The molecule has 0 aromatic heterocycles. The lowest BCUT2D eigenvalue weighted by Gasteiger charge is -2.28. The van der Waals surface area contributed by atoms with Crippen molar-refractivity contribution in [3.8, 4) is 0 Å². The monoisotopic (exact) mass is 558 g/mol. The van der Waals surface area contributed by atoms with E-state index in [2.05, 4.69) is 15.5 Å². The summed E-state index contributed by atoms with van der Waals surface area (Å²) in [6, 6.07) is 21.0. The molecule has 3 aromatic rings. The highest BCUT2D eigenvalue weighted by Crippen LogP contribution is 2.27. The number of morpholine rings is 1. The molecule has 1 atom stereocenters. The normalized spacial score (nSPS) is 17.2. The number of fused-ring (bicyclic) bond motifs is 1. The fourth-order valence-electron chi connectivity index (χ4n) is 4.72. The smallest absolute Gasteiger partial charge is 0.321 e. The lowest BCUT2D eigenvalue weighted by Crippen LogP contribution is -2.51. The van der Waals surface area contributed by atoms with Crippen LogP contribution < -0.4 is 20.4 Å². The molecule has 2 aliphatic rings. The van der Waals surface area contributed by atoms with E-state index in [-0.39, 0.29) is 12.5 Å². The summed E-state index contributed by atoms with van der Waals surface area (Å²) >= 11 is 0. The molecule has 0 aliphatic carbocycles. The third kappa shape index (κ3) is 6.76. The van der Waals surface area contributed by atoms with Crippen molar-refractivity contribution in [2.45, 2.75) is 6.17 Å². The molecule has 1 unspecified atom stereocenters. The van der Waals surface area contributed by atoms with E-state index in [9.17, 15) is 18.8 Å². The number of hydrogen-bond donors (Lipinski definition) is 2. The zero-order valence-corrected chi connectivity index (χ0v) is 22.6. The third-order valence-electron chi connectivity index (χ3n) is 6.95. The predicted octanol–water partition coefficient (Wildman–Crippen LogP) is 3.10. The summed E-state index contributed by atoms with van der Waals surface area (Å²) in [5.41, 5.74) is 2.87. The number of hydrogen-bond acceptors (Lipinski definition) is 6. The number of likely N-dealkylation sites (N-methyl/N-ethyl adjacent to an activating group) is 1. The molecule has 4 amide bonds. The van der Waals surface area contributed by atoms with Gasteiger partial charge in [0, 0.05) is 43.6 Å². The molecule has 0 spiro atoms. The molecule has 11 heteroatoms. The quantitative estimate of drug-likeness (QED) is 0.464. The van der Waals surface area contributed by atoms with Crippen LogP contribution in [0, 0.1) is 5.82 Å². The van der Waals surface area contributed by atoms with Gasteiger partial charge >= 0.3 is 6.03 Å². The fourth-order valence-corrected chi connectivity index (χ4v) is 4.72. The van der Waals surface area contributed by atoms with Crippen LogP contribution in [0.15, 0.2) is 83.9 Å². The predicted molar refractivity (Wildman–Crippen MR) is 155 cm³/mol. The number of amides is 4. The number of ether oxygens (including phenoxy) is 1. The van der Waals surface area contributed by atoms with Gasteiger partial charge in [0.1, 0.15) is 12.4 Å². The number of rotatable bonds is 7. The largest absolute Gasteiger partial charge is 0.379 e. The van der Waals surface area contributed by atoms with E-state index >= 15 is 0 Å². The molecule has 3 aromatic carbocycles. The van der Waals surface area contributed by atoms with Gasteiger partial charge in [-0.3, -0.25) is 24.4 Å². The Bertz CT molecular complexity index is 1430. The summed E-state index contributed by atoms with van der Waals surface area (Å²) in [5, 5.41) is 5.26. The lowest BCUT2D eigenvalue weighted by atomic mass is 10.1. The molecular weight excluding hydrogens is 527 g/mol. The summed E-state index contributed by atoms with van der Waals surface area (Å²) < 4.78 is 18.8. The number of nitrogens with one attached hydrogen (secondary N) is 2. The number of carbonyl (C=O) groups is 3. The molecule has 212 valence electrons. The van der Waals surface area contributed by atoms with Crippen molar-refractivity contribution >= 4 is 40.6 Å². The number of aliphatic imine (C=N–C) groups is 1. The zero-order chi connectivity index (χ0) is 28.8. The van der Waals surface area contributed by atoms with Crippen molar-refractivity contribution in [1.29, 1.82) is 0 Å². The summed E-state index contributed by atoms with van der Waals surface area (Å²) in [4.78, 5) is 50.1. The molecule has 10 nitrogen and oxygen atoms in total. The van der Waals surface area contributed by atoms with Crippen molar-refractivity contribution in [2.24, 2.45) is 4.99 Å². The van der Waals surface area contributed by atoms with Crippen LogP contribution in [-0.2, 0) is 14.3 Å². The number of anilines is 3. The highest BCUT2D eigenvalue weighted by atomic mass is 19.1. The number of benzene rings is 3. The number of carbonyl (C=O) groups excluding carboxylic acids is 3. The standard InChI is InChI=1S/C30H31FN6O4/c1-35(23-7-3-2-4-8-23)27(38)20-37-26-10-6-5-9-24(26)25(19-36-15-17-41-18-16-36)33-28(29(37)39)34-30(40)32-22-13-11-21(31)12-14-22/h2-14,28H,15-20H2,1H3,(H2,32,34,40). The van der Waals surface area contributed by atoms with E-state index in [1.54, 1.807) is 19.2 Å².